The molecule has 10 heavy (non-hydrogen) atoms. The van der Waals surface area contributed by atoms with E-state index in [4.69, 9.17) is 4.74 Å². The van der Waals surface area contributed by atoms with Crippen molar-refractivity contribution in [2.75, 3.05) is 32.8 Å². The number of rotatable bonds is 2. The molecule has 0 aliphatic carbocycles. The molecule has 0 aromatic carbocycles. The van der Waals surface area contributed by atoms with E-state index in [2.05, 4.69) is 4.90 Å². The molecular weight excluding hydrogens is 130 g/mol. The van der Waals surface area contributed by atoms with Crippen LogP contribution in [-0.4, -0.2) is 43.7 Å². The van der Waals surface area contributed by atoms with Crippen LogP contribution in [0.3, 0.4) is 0 Å². The Balaban J connectivity index is 2.19. The average molecular weight is 141 g/mol. The summed E-state index contributed by atoms with van der Waals surface area (Å²) in [6.45, 7) is 4.14. The molecular formula is C7H11NO2. The Morgan fingerprint density at radius 2 is 2.20 bits per heavy atom. The number of carbonyl (C=O) groups excluding carboxylic acids is 1. The van der Waals surface area contributed by atoms with Crippen molar-refractivity contribution in [1.29, 1.82) is 0 Å². The van der Waals surface area contributed by atoms with Gasteiger partial charge >= 0.3 is 0 Å². The Labute approximate surface area is 60.3 Å². The predicted octanol–water partition coefficient (Wildman–Crippen LogP) is -0.294. The van der Waals surface area contributed by atoms with Crippen LogP contribution in [0.25, 0.3) is 0 Å². The van der Waals surface area contributed by atoms with E-state index in [0.29, 0.717) is 6.54 Å². The Bertz CT molecular complexity index is 135. The smallest absolute Gasteiger partial charge is 0.121 e. The number of ether oxygens (including phenoxy) is 1. The highest BCUT2D eigenvalue weighted by Crippen LogP contribution is 1.94. The van der Waals surface area contributed by atoms with Gasteiger partial charge in [-0.15, -0.1) is 0 Å². The van der Waals surface area contributed by atoms with E-state index in [0.717, 1.165) is 26.3 Å². The molecule has 1 aliphatic heterocycles. The first-order valence-electron chi connectivity index (χ1n) is 3.43. The number of morpholine rings is 1. The van der Waals surface area contributed by atoms with Gasteiger partial charge in [-0.1, -0.05) is 0 Å². The monoisotopic (exact) mass is 141 g/mol. The van der Waals surface area contributed by atoms with Gasteiger partial charge in [-0.25, -0.2) is 4.79 Å². The van der Waals surface area contributed by atoms with Gasteiger partial charge in [0, 0.05) is 25.7 Å². The molecule has 1 aliphatic rings. The molecule has 0 radical (unpaired) electrons. The topological polar surface area (TPSA) is 29.5 Å². The molecule has 0 amide bonds. The van der Waals surface area contributed by atoms with Crippen molar-refractivity contribution in [3.05, 3.63) is 6.08 Å². The van der Waals surface area contributed by atoms with Crippen LogP contribution in [0.15, 0.2) is 6.08 Å². The molecule has 0 aromatic rings. The van der Waals surface area contributed by atoms with E-state index in [1.54, 1.807) is 5.94 Å². The van der Waals surface area contributed by atoms with E-state index in [9.17, 15) is 4.79 Å². The zero-order valence-electron chi connectivity index (χ0n) is 5.88. The third kappa shape index (κ3) is 2.31. The van der Waals surface area contributed by atoms with Gasteiger partial charge in [0.1, 0.15) is 5.94 Å². The van der Waals surface area contributed by atoms with Crippen molar-refractivity contribution < 1.29 is 9.53 Å². The molecule has 3 nitrogen and oxygen atoms in total. The largest absolute Gasteiger partial charge is 0.379 e. The highest BCUT2D eigenvalue weighted by atomic mass is 16.5. The van der Waals surface area contributed by atoms with Gasteiger partial charge in [-0.2, -0.15) is 0 Å². The first-order valence-corrected chi connectivity index (χ1v) is 3.43. The zero-order valence-corrected chi connectivity index (χ0v) is 5.88. The first-order chi connectivity index (χ1) is 4.93. The fourth-order valence-electron chi connectivity index (χ4n) is 0.950. The predicted molar refractivity (Wildman–Crippen MR) is 37.5 cm³/mol. The summed E-state index contributed by atoms with van der Waals surface area (Å²) in [7, 11) is 0. The molecule has 56 valence electrons. The van der Waals surface area contributed by atoms with Gasteiger partial charge < -0.3 is 4.74 Å². The Hall–Kier alpha value is -0.630. The maximum Gasteiger partial charge on any atom is 0.121 e. The van der Waals surface area contributed by atoms with Crippen LogP contribution in [0.4, 0.5) is 0 Å². The lowest BCUT2D eigenvalue weighted by Crippen LogP contribution is -2.36. The molecule has 1 saturated heterocycles. The molecule has 0 spiro atoms. The minimum atomic E-state index is 0.715. The van der Waals surface area contributed by atoms with Crippen LogP contribution in [0.5, 0.6) is 0 Å². The fraction of sp³-hybridized carbons (Fsp3) is 0.714. The highest BCUT2D eigenvalue weighted by Gasteiger charge is 2.07. The summed E-state index contributed by atoms with van der Waals surface area (Å²) < 4.78 is 5.13. The summed E-state index contributed by atoms with van der Waals surface area (Å²) in [6.07, 6.45) is 1.51. The second-order valence-corrected chi connectivity index (χ2v) is 2.23. The van der Waals surface area contributed by atoms with E-state index in [1.807, 2.05) is 0 Å². The van der Waals surface area contributed by atoms with Crippen LogP contribution < -0.4 is 0 Å². The maximum absolute atomic E-state index is 9.81. The van der Waals surface area contributed by atoms with Gasteiger partial charge in [0.15, 0.2) is 0 Å². The first kappa shape index (κ1) is 7.48. The molecule has 1 rings (SSSR count). The summed E-state index contributed by atoms with van der Waals surface area (Å²) in [6, 6.07) is 0. The van der Waals surface area contributed by atoms with Crippen LogP contribution in [-0.2, 0) is 9.53 Å². The Morgan fingerprint density at radius 3 is 2.80 bits per heavy atom. The van der Waals surface area contributed by atoms with Crippen LogP contribution in [0.2, 0.25) is 0 Å². The van der Waals surface area contributed by atoms with Gasteiger partial charge in [0.2, 0.25) is 0 Å². The Morgan fingerprint density at radius 1 is 1.50 bits per heavy atom. The molecule has 0 saturated carbocycles. The van der Waals surface area contributed by atoms with E-state index in [-0.39, 0.29) is 0 Å². The molecule has 1 fully saturated rings. The molecule has 0 bridgehead atoms. The summed E-state index contributed by atoms with van der Waals surface area (Å²) in [4.78, 5) is 12.0. The van der Waals surface area contributed by atoms with Gasteiger partial charge in [0.05, 0.1) is 13.2 Å². The number of hydrogen-bond donors (Lipinski definition) is 0. The van der Waals surface area contributed by atoms with E-state index < -0.39 is 0 Å². The van der Waals surface area contributed by atoms with Crippen molar-refractivity contribution in [2.24, 2.45) is 0 Å². The quantitative estimate of drug-likeness (QED) is 0.495. The SMILES string of the molecule is O=C=CCN1CCOCC1. The fourth-order valence-corrected chi connectivity index (χ4v) is 0.950. The van der Waals surface area contributed by atoms with Crippen molar-refractivity contribution in [1.82, 2.24) is 4.90 Å². The average Bonchev–Trinajstić information content (AvgIpc) is 2.03. The standard InChI is InChI=1S/C7H11NO2/c9-5-1-2-8-3-6-10-7-4-8/h1H,2-4,6-7H2. The lowest BCUT2D eigenvalue weighted by atomic mass is 10.4. The van der Waals surface area contributed by atoms with Crippen LogP contribution in [0, 0.1) is 0 Å². The minimum Gasteiger partial charge on any atom is -0.379 e. The lowest BCUT2D eigenvalue weighted by molar-refractivity contribution is 0.0435. The second kappa shape index (κ2) is 4.23. The van der Waals surface area contributed by atoms with E-state index >= 15 is 0 Å². The van der Waals surface area contributed by atoms with E-state index in [1.165, 1.54) is 6.08 Å². The number of hydrogen-bond acceptors (Lipinski definition) is 3. The summed E-state index contributed by atoms with van der Waals surface area (Å²) in [5.41, 5.74) is 0. The summed E-state index contributed by atoms with van der Waals surface area (Å²) in [5, 5.41) is 0. The van der Waals surface area contributed by atoms with Crippen molar-refractivity contribution in [3.63, 3.8) is 0 Å². The van der Waals surface area contributed by atoms with Crippen molar-refractivity contribution in [3.8, 4) is 0 Å². The zero-order chi connectivity index (χ0) is 7.23. The highest BCUT2D eigenvalue weighted by molar-refractivity contribution is 5.45. The maximum atomic E-state index is 9.81. The van der Waals surface area contributed by atoms with Crippen LogP contribution >= 0.6 is 0 Å². The van der Waals surface area contributed by atoms with Crippen LogP contribution in [0.1, 0.15) is 0 Å². The molecule has 1 heterocycles. The van der Waals surface area contributed by atoms with Gasteiger partial charge in [0.25, 0.3) is 0 Å². The van der Waals surface area contributed by atoms with Crippen molar-refractivity contribution >= 4 is 5.94 Å². The van der Waals surface area contributed by atoms with Crippen molar-refractivity contribution in [2.45, 2.75) is 0 Å². The van der Waals surface area contributed by atoms with Gasteiger partial charge in [-0.05, 0) is 0 Å². The summed E-state index contributed by atoms with van der Waals surface area (Å²) >= 11 is 0. The second-order valence-electron chi connectivity index (χ2n) is 2.23. The molecule has 0 unspecified atom stereocenters. The molecule has 3 heteroatoms. The molecule has 0 atom stereocenters. The molecule has 0 aromatic heterocycles. The number of nitrogens with zero attached hydrogens (tertiary/aromatic N) is 1. The lowest BCUT2D eigenvalue weighted by Gasteiger charge is -2.24. The minimum absolute atomic E-state index is 0.715. The summed E-state index contributed by atoms with van der Waals surface area (Å²) in [5.74, 6) is 1.76. The normalized spacial score (nSPS) is 20.0. The third-order valence-corrected chi connectivity index (χ3v) is 1.54. The Kier molecular flexibility index (Phi) is 3.16. The van der Waals surface area contributed by atoms with Gasteiger partial charge in [-0.3, -0.25) is 4.90 Å². The molecule has 0 N–H and O–H groups in total. The third-order valence-electron chi connectivity index (χ3n) is 1.54.